The lowest BCUT2D eigenvalue weighted by Gasteiger charge is -2.27. The fourth-order valence-electron chi connectivity index (χ4n) is 2.97. The average Bonchev–Trinajstić information content (AvgIpc) is 2.76. The van der Waals surface area contributed by atoms with Crippen molar-refractivity contribution in [2.75, 3.05) is 20.8 Å². The van der Waals surface area contributed by atoms with E-state index in [1.807, 2.05) is 36.4 Å². The van der Waals surface area contributed by atoms with Gasteiger partial charge in [-0.2, -0.15) is 0 Å². The van der Waals surface area contributed by atoms with Crippen LogP contribution < -0.4 is 5.32 Å². The first kappa shape index (κ1) is 25.6. The van der Waals surface area contributed by atoms with Gasteiger partial charge in [-0.3, -0.25) is 9.36 Å². The first-order valence-corrected chi connectivity index (χ1v) is 11.7. The highest BCUT2D eigenvalue weighted by atomic mass is 31.2. The van der Waals surface area contributed by atoms with Gasteiger partial charge in [-0.15, -0.1) is 0 Å². The van der Waals surface area contributed by atoms with Crippen molar-refractivity contribution in [3.63, 3.8) is 0 Å². The second kappa shape index (κ2) is 11.3. The molecule has 0 unspecified atom stereocenters. The molecule has 1 atom stereocenters. The summed E-state index contributed by atoms with van der Waals surface area (Å²) in [5.74, 6) is -2.82. The molecule has 0 aromatic heterocycles. The van der Waals surface area contributed by atoms with Gasteiger partial charge >= 0.3 is 19.7 Å². The van der Waals surface area contributed by atoms with E-state index in [4.69, 9.17) is 18.5 Å². The third-order valence-corrected chi connectivity index (χ3v) is 6.45. The molecule has 0 fully saturated rings. The summed E-state index contributed by atoms with van der Waals surface area (Å²) in [5.41, 5.74) is 0.674. The van der Waals surface area contributed by atoms with E-state index in [2.05, 4.69) is 5.32 Å². The van der Waals surface area contributed by atoms with Crippen molar-refractivity contribution in [2.24, 2.45) is 0 Å². The van der Waals surface area contributed by atoms with Crippen LogP contribution in [0.25, 0.3) is 0 Å². The van der Waals surface area contributed by atoms with Crippen molar-refractivity contribution >= 4 is 19.7 Å². The van der Waals surface area contributed by atoms with Crippen LogP contribution in [0.3, 0.4) is 0 Å². The molecule has 2 aromatic rings. The summed E-state index contributed by atoms with van der Waals surface area (Å²) in [4.78, 5) is 25.4. The Labute approximate surface area is 188 Å². The molecular weight excluding hydrogens is 433 g/mol. The van der Waals surface area contributed by atoms with Gasteiger partial charge in [0.25, 0.3) is 0 Å². The highest BCUT2D eigenvalue weighted by Gasteiger charge is 2.40. The van der Waals surface area contributed by atoms with E-state index in [1.165, 1.54) is 14.2 Å². The van der Waals surface area contributed by atoms with Gasteiger partial charge in [0.05, 0.1) is 6.54 Å². The fraction of sp³-hybridized carbons (Fsp3) is 0.391. The van der Waals surface area contributed by atoms with Crippen LogP contribution >= 0.6 is 7.60 Å². The number of nitrogens with one attached hydrogen (secondary N) is 1. The Balaban J connectivity index is 2.30. The summed E-state index contributed by atoms with van der Waals surface area (Å²) >= 11 is 0. The molecular formula is C23H30NO7P. The summed E-state index contributed by atoms with van der Waals surface area (Å²) < 4.78 is 34.0. The second-order valence-corrected chi connectivity index (χ2v) is 10.3. The number of ether oxygens (including phenoxy) is 2. The van der Waals surface area contributed by atoms with E-state index in [0.29, 0.717) is 11.1 Å². The Kier molecular flexibility index (Phi) is 9.01. The van der Waals surface area contributed by atoms with Gasteiger partial charge in [0, 0.05) is 14.2 Å². The SMILES string of the molecule is COP(=O)(OC)[C@@H](CNC(=O)OC(C)(C)C)OC(=O)C(c1ccccc1)c1ccccc1. The molecule has 0 spiro atoms. The Hall–Kier alpha value is -2.67. The smallest absolute Gasteiger partial charge is 0.407 e. The minimum absolute atomic E-state index is 0.324. The Morgan fingerprint density at radius 3 is 1.78 bits per heavy atom. The molecule has 9 heteroatoms. The normalized spacial score (nSPS) is 12.8. The van der Waals surface area contributed by atoms with Crippen molar-refractivity contribution in [3.05, 3.63) is 71.8 Å². The molecule has 0 heterocycles. The highest BCUT2D eigenvalue weighted by Crippen LogP contribution is 2.52. The molecule has 8 nitrogen and oxygen atoms in total. The van der Waals surface area contributed by atoms with Crippen LogP contribution in [0.5, 0.6) is 0 Å². The maximum Gasteiger partial charge on any atom is 0.407 e. The van der Waals surface area contributed by atoms with Gasteiger partial charge in [0.2, 0.25) is 5.85 Å². The lowest BCUT2D eigenvalue weighted by molar-refractivity contribution is -0.147. The fourth-order valence-corrected chi connectivity index (χ4v) is 4.14. The zero-order valence-electron chi connectivity index (χ0n) is 18.9. The topological polar surface area (TPSA) is 100 Å². The van der Waals surface area contributed by atoms with E-state index in [9.17, 15) is 14.2 Å². The summed E-state index contributed by atoms with van der Waals surface area (Å²) in [6, 6.07) is 18.2. The van der Waals surface area contributed by atoms with Crippen molar-refractivity contribution in [1.82, 2.24) is 5.32 Å². The van der Waals surface area contributed by atoms with Gasteiger partial charge < -0.3 is 23.8 Å². The predicted octanol–water partition coefficient (Wildman–Crippen LogP) is 4.70. The van der Waals surface area contributed by atoms with Gasteiger partial charge in [0.1, 0.15) is 11.5 Å². The average molecular weight is 463 g/mol. The molecule has 2 rings (SSSR count). The lowest BCUT2D eigenvalue weighted by Crippen LogP contribution is -2.39. The lowest BCUT2D eigenvalue weighted by atomic mass is 9.91. The summed E-state index contributed by atoms with van der Waals surface area (Å²) in [7, 11) is -1.52. The van der Waals surface area contributed by atoms with Gasteiger partial charge in [-0.1, -0.05) is 60.7 Å². The predicted molar refractivity (Wildman–Crippen MR) is 120 cm³/mol. The number of esters is 1. The number of carbonyl (C=O) groups excluding carboxylic acids is 2. The highest BCUT2D eigenvalue weighted by molar-refractivity contribution is 7.54. The molecule has 1 amide bonds. The number of amides is 1. The monoisotopic (exact) mass is 463 g/mol. The zero-order chi connectivity index (χ0) is 23.8. The molecule has 2 aromatic carbocycles. The van der Waals surface area contributed by atoms with Crippen LogP contribution in [0.1, 0.15) is 37.8 Å². The van der Waals surface area contributed by atoms with Crippen LogP contribution in [0.2, 0.25) is 0 Å². The number of alkyl carbamates (subject to hydrolysis) is 1. The minimum Gasteiger partial charge on any atom is -0.447 e. The largest absolute Gasteiger partial charge is 0.447 e. The number of benzene rings is 2. The number of rotatable bonds is 9. The third kappa shape index (κ3) is 7.19. The molecule has 0 saturated carbocycles. The summed E-state index contributed by atoms with van der Waals surface area (Å²) in [6.07, 6.45) is -0.750. The van der Waals surface area contributed by atoms with Crippen LogP contribution in [0.4, 0.5) is 4.79 Å². The van der Waals surface area contributed by atoms with E-state index >= 15 is 0 Å². The molecule has 0 saturated heterocycles. The first-order valence-electron chi connectivity index (χ1n) is 10.1. The molecule has 0 aliphatic heterocycles. The van der Waals surface area contributed by atoms with E-state index < -0.39 is 37.0 Å². The van der Waals surface area contributed by atoms with Gasteiger partial charge in [-0.05, 0) is 31.9 Å². The second-order valence-electron chi connectivity index (χ2n) is 7.93. The Morgan fingerprint density at radius 2 is 1.38 bits per heavy atom. The molecule has 0 radical (unpaired) electrons. The molecule has 1 N–H and O–H groups in total. The third-order valence-electron chi connectivity index (χ3n) is 4.44. The maximum atomic E-state index is 13.3. The van der Waals surface area contributed by atoms with Crippen LogP contribution in [0.15, 0.2) is 60.7 Å². The van der Waals surface area contributed by atoms with Gasteiger partial charge in [-0.25, -0.2) is 4.79 Å². The van der Waals surface area contributed by atoms with Crippen molar-refractivity contribution in [3.8, 4) is 0 Å². The minimum atomic E-state index is -3.89. The molecule has 0 aliphatic carbocycles. The summed E-state index contributed by atoms with van der Waals surface area (Å²) in [6.45, 7) is 4.81. The Morgan fingerprint density at radius 1 is 0.906 bits per heavy atom. The van der Waals surface area contributed by atoms with Crippen molar-refractivity contribution in [1.29, 1.82) is 0 Å². The molecule has 174 valence electrons. The van der Waals surface area contributed by atoms with E-state index in [1.54, 1.807) is 45.0 Å². The quantitative estimate of drug-likeness (QED) is 0.425. The van der Waals surface area contributed by atoms with Crippen LogP contribution in [0, 0.1) is 0 Å². The molecule has 0 bridgehead atoms. The molecule has 32 heavy (non-hydrogen) atoms. The number of hydrogen-bond acceptors (Lipinski definition) is 7. The van der Waals surface area contributed by atoms with Crippen molar-refractivity contribution < 1.29 is 32.7 Å². The maximum absolute atomic E-state index is 13.3. The van der Waals surface area contributed by atoms with Crippen LogP contribution in [-0.4, -0.2) is 44.3 Å². The van der Waals surface area contributed by atoms with Gasteiger partial charge in [0.15, 0.2) is 0 Å². The van der Waals surface area contributed by atoms with E-state index in [-0.39, 0.29) is 6.54 Å². The standard InChI is InChI=1S/C23H30NO7P/c1-23(2,3)31-22(26)24-16-19(32(27,28-4)29-5)30-21(25)20(17-12-8-6-9-13-17)18-14-10-7-11-15-18/h6-15,19-20H,16H2,1-5H3,(H,24,26)/t19-/m0/s1. The first-order chi connectivity index (χ1) is 15.1. The number of hydrogen-bond donors (Lipinski definition) is 1. The molecule has 0 aliphatic rings. The zero-order valence-corrected chi connectivity index (χ0v) is 19.8. The van der Waals surface area contributed by atoms with Crippen LogP contribution in [-0.2, 0) is 27.9 Å². The van der Waals surface area contributed by atoms with Crippen molar-refractivity contribution in [2.45, 2.75) is 38.1 Å². The Bertz CT molecular complexity index is 881. The number of carbonyl (C=O) groups is 2. The van der Waals surface area contributed by atoms with E-state index in [0.717, 1.165) is 0 Å². The summed E-state index contributed by atoms with van der Waals surface area (Å²) in [5, 5.41) is 2.47.